The smallest absolute Gasteiger partial charge is 0.397 e. The Morgan fingerprint density at radius 3 is 1.66 bits per heavy atom. The molecule has 1 fully saturated rings. The molecule has 4 N–H and O–H groups in total. The molecule has 0 saturated carbocycles. The van der Waals surface area contributed by atoms with Crippen LogP contribution in [-0.4, -0.2) is 97.5 Å². The van der Waals surface area contributed by atoms with Crippen molar-refractivity contribution in [2.45, 2.75) is 211 Å². The summed E-state index contributed by atoms with van der Waals surface area (Å²) in [5.74, 6) is -0.407. The van der Waals surface area contributed by atoms with Crippen molar-refractivity contribution in [2.24, 2.45) is 0 Å². The van der Waals surface area contributed by atoms with Crippen LogP contribution in [0.25, 0.3) is 0 Å². The van der Waals surface area contributed by atoms with Crippen LogP contribution in [0.15, 0.2) is 60.8 Å². The number of carbonyl (C=O) groups is 1. The van der Waals surface area contributed by atoms with Crippen molar-refractivity contribution >= 4 is 16.4 Å². The molecule has 6 atom stereocenters. The first-order valence-electron chi connectivity index (χ1n) is 23.5. The molecule has 1 heterocycles. The minimum absolute atomic E-state index is 0.0250. The van der Waals surface area contributed by atoms with Crippen LogP contribution in [-0.2, 0) is 38.3 Å². The molecule has 0 aliphatic carbocycles. The first-order chi connectivity index (χ1) is 29.6. The largest absolute Gasteiger partial charge is 0.457 e. The van der Waals surface area contributed by atoms with Crippen molar-refractivity contribution < 1.29 is 56.2 Å². The van der Waals surface area contributed by atoms with Gasteiger partial charge in [-0.25, -0.2) is 4.18 Å². The van der Waals surface area contributed by atoms with E-state index < -0.39 is 59.8 Å². The monoisotopic (exact) mass is 885 g/mol. The van der Waals surface area contributed by atoms with E-state index in [9.17, 15) is 28.5 Å². The number of unbranched alkanes of at least 4 members (excludes halogenated alkanes) is 17. The third kappa shape index (κ3) is 33.0. The van der Waals surface area contributed by atoms with Crippen molar-refractivity contribution in [1.29, 1.82) is 0 Å². The number of hydrogen-bond donors (Lipinski definition) is 4. The highest BCUT2D eigenvalue weighted by Crippen LogP contribution is 2.26. The maximum absolute atomic E-state index is 12.8. The summed E-state index contributed by atoms with van der Waals surface area (Å²) in [6, 6.07) is 0. The number of hydrogen-bond acceptors (Lipinski definition) is 11. The van der Waals surface area contributed by atoms with Gasteiger partial charge in [-0.3, -0.25) is 9.35 Å². The Balaban J connectivity index is 2.39. The fourth-order valence-corrected chi connectivity index (χ4v) is 7.38. The molecule has 61 heavy (non-hydrogen) atoms. The molecular weight excluding hydrogens is 801 g/mol. The van der Waals surface area contributed by atoms with Gasteiger partial charge in [0.1, 0.15) is 30.5 Å². The van der Waals surface area contributed by atoms with E-state index in [0.29, 0.717) is 13.0 Å². The standard InChI is InChI=1S/C48H84O12S/c1-3-5-7-9-11-13-15-17-18-19-20-21-22-23-24-25-26-28-30-32-34-36-38-56-40-42(58-44(50)37-35-33-31-29-27-16-14-12-10-8-6-4-2)41-57-48-46(52)47(60-61(53,54)55)45(51)43(39-49)59-48/h5,7,11,13,17-18,20-21,23-24,42-43,45-49,51-52H,3-4,6,8-10,12,14-16,19,22,25-41H2,1-2H3,(H,53,54,55)/b7-5-,13-11-,18-17-,21-20-,24-23-. The fourth-order valence-electron chi connectivity index (χ4n) is 6.88. The summed E-state index contributed by atoms with van der Waals surface area (Å²) >= 11 is 0. The zero-order valence-electron chi connectivity index (χ0n) is 37.7. The molecule has 0 amide bonds. The summed E-state index contributed by atoms with van der Waals surface area (Å²) in [7, 11) is -5.06. The van der Waals surface area contributed by atoms with E-state index in [2.05, 4.69) is 78.8 Å². The average molecular weight is 885 g/mol. The average Bonchev–Trinajstić information content (AvgIpc) is 3.23. The summed E-state index contributed by atoms with van der Waals surface area (Å²) in [4.78, 5) is 12.8. The van der Waals surface area contributed by atoms with Crippen LogP contribution in [0.1, 0.15) is 174 Å². The SMILES string of the molecule is CC/C=C\C/C=C\C/C=C\C/C=C\C/C=C\CCCCCCCCOCC(COC1OC(CO)C(O)C(OS(=O)(=O)O)C1O)OC(=O)CCCCCCCCCCCCCC. The third-order valence-corrected chi connectivity index (χ3v) is 10.9. The van der Waals surface area contributed by atoms with Crippen LogP contribution in [0.2, 0.25) is 0 Å². The van der Waals surface area contributed by atoms with Crippen molar-refractivity contribution in [3.8, 4) is 0 Å². The number of aliphatic hydroxyl groups excluding tert-OH is 3. The first-order valence-corrected chi connectivity index (χ1v) is 24.9. The van der Waals surface area contributed by atoms with Crippen LogP contribution >= 0.6 is 0 Å². The molecular formula is C48H84O12S. The zero-order chi connectivity index (χ0) is 44.7. The molecule has 0 radical (unpaired) electrons. The first kappa shape index (κ1) is 56.8. The second-order valence-electron chi connectivity index (χ2n) is 16.0. The fraction of sp³-hybridized carbons (Fsp3) is 0.771. The quantitative estimate of drug-likeness (QED) is 0.0198. The number of allylic oxidation sites excluding steroid dienone is 10. The highest BCUT2D eigenvalue weighted by molar-refractivity contribution is 7.80. The Bertz CT molecular complexity index is 1300. The number of esters is 1. The van der Waals surface area contributed by atoms with Crippen LogP contribution in [0.4, 0.5) is 0 Å². The van der Waals surface area contributed by atoms with Crippen LogP contribution < -0.4 is 0 Å². The van der Waals surface area contributed by atoms with Gasteiger partial charge in [0.15, 0.2) is 6.29 Å². The Morgan fingerprint density at radius 2 is 1.13 bits per heavy atom. The van der Waals surface area contributed by atoms with E-state index in [4.69, 9.17) is 23.5 Å². The lowest BCUT2D eigenvalue weighted by Gasteiger charge is -2.41. The number of rotatable bonds is 40. The van der Waals surface area contributed by atoms with Gasteiger partial charge in [-0.05, 0) is 57.8 Å². The van der Waals surface area contributed by atoms with Gasteiger partial charge in [-0.1, -0.05) is 171 Å². The normalized spacial score (nSPS) is 20.7. The molecule has 13 heteroatoms. The minimum atomic E-state index is -5.06. The minimum Gasteiger partial charge on any atom is -0.457 e. The molecule has 0 spiro atoms. The maximum atomic E-state index is 12.8. The number of carbonyl (C=O) groups excluding carboxylic acids is 1. The molecule has 1 aliphatic heterocycles. The van der Waals surface area contributed by atoms with Gasteiger partial charge in [0, 0.05) is 13.0 Å². The Labute approximate surface area is 369 Å². The van der Waals surface area contributed by atoms with Gasteiger partial charge in [0.2, 0.25) is 0 Å². The lowest BCUT2D eigenvalue weighted by molar-refractivity contribution is -0.301. The molecule has 0 bridgehead atoms. The predicted octanol–water partition coefficient (Wildman–Crippen LogP) is 10.1. The highest BCUT2D eigenvalue weighted by atomic mass is 32.3. The predicted molar refractivity (Wildman–Crippen MR) is 243 cm³/mol. The van der Waals surface area contributed by atoms with Gasteiger partial charge < -0.3 is 34.3 Å². The van der Waals surface area contributed by atoms with Crippen molar-refractivity contribution in [1.82, 2.24) is 0 Å². The molecule has 1 saturated heterocycles. The zero-order valence-corrected chi connectivity index (χ0v) is 38.5. The lowest BCUT2D eigenvalue weighted by Crippen LogP contribution is -2.60. The summed E-state index contributed by atoms with van der Waals surface area (Å²) in [5.41, 5.74) is 0. The third-order valence-electron chi connectivity index (χ3n) is 10.4. The molecule has 354 valence electrons. The lowest BCUT2D eigenvalue weighted by atomic mass is 9.99. The number of aliphatic hydroxyl groups is 3. The maximum Gasteiger partial charge on any atom is 0.397 e. The molecule has 0 aromatic carbocycles. The van der Waals surface area contributed by atoms with E-state index in [1.807, 2.05) is 0 Å². The van der Waals surface area contributed by atoms with Gasteiger partial charge >= 0.3 is 16.4 Å². The molecule has 6 unspecified atom stereocenters. The van der Waals surface area contributed by atoms with E-state index in [1.165, 1.54) is 57.8 Å². The van der Waals surface area contributed by atoms with Gasteiger partial charge in [-0.15, -0.1) is 0 Å². The van der Waals surface area contributed by atoms with Crippen molar-refractivity contribution in [2.75, 3.05) is 26.4 Å². The Hall–Kier alpha value is -2.20. The van der Waals surface area contributed by atoms with E-state index in [-0.39, 0.29) is 19.6 Å². The molecule has 0 aromatic rings. The van der Waals surface area contributed by atoms with Gasteiger partial charge in [0.05, 0.1) is 19.8 Å². The van der Waals surface area contributed by atoms with E-state index in [1.54, 1.807) is 0 Å². The summed E-state index contributed by atoms with van der Waals surface area (Å²) in [6.07, 6.45) is 39.7. The Morgan fingerprint density at radius 1 is 0.639 bits per heavy atom. The summed E-state index contributed by atoms with van der Waals surface area (Å²) in [6.45, 7) is 3.83. The second kappa shape index (κ2) is 39.4. The van der Waals surface area contributed by atoms with Crippen LogP contribution in [0, 0.1) is 0 Å². The molecule has 12 nitrogen and oxygen atoms in total. The molecule has 0 aromatic heterocycles. The molecule has 1 rings (SSSR count). The van der Waals surface area contributed by atoms with Crippen LogP contribution in [0.5, 0.6) is 0 Å². The second-order valence-corrected chi connectivity index (χ2v) is 17.0. The Kier molecular flexibility index (Phi) is 36.7. The number of ether oxygens (including phenoxy) is 4. The highest BCUT2D eigenvalue weighted by Gasteiger charge is 2.48. The van der Waals surface area contributed by atoms with Crippen molar-refractivity contribution in [3.63, 3.8) is 0 Å². The van der Waals surface area contributed by atoms with E-state index in [0.717, 1.165) is 89.9 Å². The summed E-state index contributed by atoms with van der Waals surface area (Å²) < 4.78 is 59.1. The van der Waals surface area contributed by atoms with Gasteiger partial charge in [0.25, 0.3) is 0 Å². The van der Waals surface area contributed by atoms with Crippen molar-refractivity contribution in [3.05, 3.63) is 60.8 Å². The molecule has 1 aliphatic rings. The van der Waals surface area contributed by atoms with Crippen LogP contribution in [0.3, 0.4) is 0 Å². The van der Waals surface area contributed by atoms with Gasteiger partial charge in [-0.2, -0.15) is 8.42 Å². The van der Waals surface area contributed by atoms with E-state index >= 15 is 0 Å². The summed E-state index contributed by atoms with van der Waals surface area (Å²) in [5, 5.41) is 30.7. The topological polar surface area (TPSA) is 178 Å².